The Bertz CT molecular complexity index is 97.4. The fourth-order valence-electron chi connectivity index (χ4n) is 0.933. The van der Waals surface area contributed by atoms with Crippen LogP contribution in [0, 0.1) is 11.3 Å². The molecular weight excluding hydrogens is 126 g/mol. The maximum absolute atomic E-state index is 7.42. The van der Waals surface area contributed by atoms with Crippen LogP contribution in [0.2, 0.25) is 0 Å². The van der Waals surface area contributed by atoms with Crippen LogP contribution in [-0.2, 0) is 4.74 Å². The number of hydrogen-bond acceptors (Lipinski definition) is 2. The first-order valence-corrected chi connectivity index (χ1v) is 3.97. The Balaban J connectivity index is 3.65. The monoisotopic (exact) mass is 143 g/mol. The maximum Gasteiger partial charge on any atom is 0.183 e. The maximum atomic E-state index is 7.42. The molecule has 0 saturated carbocycles. The molecule has 0 aromatic carbocycles. The van der Waals surface area contributed by atoms with Gasteiger partial charge in [-0.1, -0.05) is 13.8 Å². The van der Waals surface area contributed by atoms with Crippen molar-refractivity contribution < 1.29 is 4.74 Å². The van der Waals surface area contributed by atoms with Gasteiger partial charge in [0.1, 0.15) is 0 Å². The summed E-state index contributed by atoms with van der Waals surface area (Å²) in [4.78, 5) is 0. The zero-order chi connectivity index (χ0) is 7.98. The molecule has 2 heteroatoms. The molecule has 0 atom stereocenters. The molecular formula is C8H17NO. The molecule has 0 heterocycles. The van der Waals surface area contributed by atoms with Gasteiger partial charge in [-0.25, -0.2) is 0 Å². The number of ether oxygens (including phenoxy) is 1. The quantitative estimate of drug-likeness (QED) is 0.476. The van der Waals surface area contributed by atoms with Crippen molar-refractivity contribution in [2.75, 3.05) is 6.61 Å². The van der Waals surface area contributed by atoms with Gasteiger partial charge in [0, 0.05) is 5.92 Å². The largest absolute Gasteiger partial charge is 0.481 e. The van der Waals surface area contributed by atoms with E-state index in [9.17, 15) is 0 Å². The molecule has 0 aliphatic heterocycles. The molecule has 0 fully saturated rings. The highest BCUT2D eigenvalue weighted by atomic mass is 16.5. The van der Waals surface area contributed by atoms with Crippen LogP contribution in [0.5, 0.6) is 0 Å². The topological polar surface area (TPSA) is 33.1 Å². The van der Waals surface area contributed by atoms with Crippen LogP contribution in [0.4, 0.5) is 0 Å². The van der Waals surface area contributed by atoms with Crippen molar-refractivity contribution in [1.82, 2.24) is 0 Å². The molecule has 0 radical (unpaired) electrons. The van der Waals surface area contributed by atoms with Crippen LogP contribution >= 0.6 is 0 Å². The lowest BCUT2D eigenvalue weighted by Crippen LogP contribution is -2.15. The Morgan fingerprint density at radius 1 is 1.30 bits per heavy atom. The van der Waals surface area contributed by atoms with Crippen LogP contribution in [-0.4, -0.2) is 12.5 Å². The van der Waals surface area contributed by atoms with Crippen molar-refractivity contribution in [3.05, 3.63) is 0 Å². The van der Waals surface area contributed by atoms with Gasteiger partial charge in [-0.2, -0.15) is 0 Å². The van der Waals surface area contributed by atoms with Gasteiger partial charge in [-0.05, 0) is 19.8 Å². The molecule has 10 heavy (non-hydrogen) atoms. The molecule has 60 valence electrons. The van der Waals surface area contributed by atoms with E-state index >= 15 is 0 Å². The van der Waals surface area contributed by atoms with E-state index in [0.717, 1.165) is 12.8 Å². The number of nitrogens with one attached hydrogen (secondary N) is 1. The first-order chi connectivity index (χ1) is 4.76. The summed E-state index contributed by atoms with van der Waals surface area (Å²) in [6, 6.07) is 0. The molecule has 0 aliphatic carbocycles. The van der Waals surface area contributed by atoms with E-state index in [1.807, 2.05) is 6.92 Å². The summed E-state index contributed by atoms with van der Waals surface area (Å²) in [6.45, 7) is 6.70. The summed E-state index contributed by atoms with van der Waals surface area (Å²) >= 11 is 0. The predicted molar refractivity (Wildman–Crippen MR) is 43.4 cm³/mol. The normalized spacial score (nSPS) is 10.0. The summed E-state index contributed by atoms with van der Waals surface area (Å²) in [5.74, 6) is 0.785. The highest BCUT2D eigenvalue weighted by molar-refractivity contribution is 5.75. The summed E-state index contributed by atoms with van der Waals surface area (Å²) in [7, 11) is 0. The predicted octanol–water partition coefficient (Wildman–Crippen LogP) is 2.44. The highest BCUT2D eigenvalue weighted by Gasteiger charge is 2.09. The fraction of sp³-hybridized carbons (Fsp3) is 0.875. The molecule has 0 spiro atoms. The fourth-order valence-corrected chi connectivity index (χ4v) is 0.933. The minimum absolute atomic E-state index is 0.333. The van der Waals surface area contributed by atoms with Crippen LogP contribution < -0.4 is 0 Å². The molecule has 2 nitrogen and oxygen atoms in total. The highest BCUT2D eigenvalue weighted by Crippen LogP contribution is 2.09. The van der Waals surface area contributed by atoms with Gasteiger partial charge in [-0.15, -0.1) is 0 Å². The molecule has 0 bridgehead atoms. The van der Waals surface area contributed by atoms with Crippen molar-refractivity contribution in [1.29, 1.82) is 5.41 Å². The summed E-state index contributed by atoms with van der Waals surface area (Å²) < 4.78 is 5.07. The van der Waals surface area contributed by atoms with Crippen molar-refractivity contribution in [2.45, 2.75) is 33.6 Å². The van der Waals surface area contributed by atoms with Crippen LogP contribution in [0.3, 0.4) is 0 Å². The lowest BCUT2D eigenvalue weighted by Gasteiger charge is -2.12. The molecule has 0 saturated heterocycles. The Hall–Kier alpha value is -0.530. The average Bonchev–Trinajstić information content (AvgIpc) is 1.91. The SMILES string of the molecule is CCOC(=N)C(CC)CC. The van der Waals surface area contributed by atoms with Gasteiger partial charge in [-0.3, -0.25) is 5.41 Å². The second-order valence-corrected chi connectivity index (χ2v) is 2.31. The molecule has 0 aromatic rings. The third-order valence-corrected chi connectivity index (χ3v) is 1.66. The average molecular weight is 143 g/mol. The van der Waals surface area contributed by atoms with E-state index in [-0.39, 0.29) is 0 Å². The van der Waals surface area contributed by atoms with Gasteiger partial charge in [0.25, 0.3) is 0 Å². The number of hydrogen-bond donors (Lipinski definition) is 1. The lowest BCUT2D eigenvalue weighted by atomic mass is 10.0. The Morgan fingerprint density at radius 3 is 2.10 bits per heavy atom. The Morgan fingerprint density at radius 2 is 1.80 bits per heavy atom. The first kappa shape index (κ1) is 9.47. The molecule has 1 N–H and O–H groups in total. The lowest BCUT2D eigenvalue weighted by molar-refractivity contribution is 0.292. The van der Waals surface area contributed by atoms with Crippen molar-refractivity contribution in [2.24, 2.45) is 5.92 Å². The molecule has 0 aliphatic rings. The molecule has 0 unspecified atom stereocenters. The van der Waals surface area contributed by atoms with Crippen molar-refractivity contribution >= 4 is 5.90 Å². The minimum atomic E-state index is 0.333. The van der Waals surface area contributed by atoms with Gasteiger partial charge >= 0.3 is 0 Å². The molecule has 0 amide bonds. The third kappa shape index (κ3) is 2.85. The minimum Gasteiger partial charge on any atom is -0.481 e. The van der Waals surface area contributed by atoms with E-state index < -0.39 is 0 Å². The zero-order valence-electron chi connectivity index (χ0n) is 7.11. The van der Waals surface area contributed by atoms with E-state index in [2.05, 4.69) is 13.8 Å². The summed E-state index contributed by atoms with van der Waals surface area (Å²) in [5.41, 5.74) is 0. The van der Waals surface area contributed by atoms with Gasteiger partial charge < -0.3 is 4.74 Å². The van der Waals surface area contributed by atoms with Gasteiger partial charge in [0.15, 0.2) is 5.90 Å². The van der Waals surface area contributed by atoms with E-state index in [0.29, 0.717) is 18.4 Å². The Labute approximate surface area is 63.1 Å². The van der Waals surface area contributed by atoms with Crippen LogP contribution in [0.15, 0.2) is 0 Å². The summed E-state index contributed by atoms with van der Waals surface area (Å²) in [6.07, 6.45) is 2.02. The second kappa shape index (κ2) is 5.27. The zero-order valence-corrected chi connectivity index (χ0v) is 7.11. The first-order valence-electron chi connectivity index (χ1n) is 3.97. The molecule has 0 rings (SSSR count). The van der Waals surface area contributed by atoms with Gasteiger partial charge in [0.05, 0.1) is 6.61 Å². The van der Waals surface area contributed by atoms with E-state index in [1.54, 1.807) is 0 Å². The van der Waals surface area contributed by atoms with Crippen LogP contribution in [0.25, 0.3) is 0 Å². The smallest absolute Gasteiger partial charge is 0.183 e. The molecule has 0 aromatic heterocycles. The van der Waals surface area contributed by atoms with Gasteiger partial charge in [0.2, 0.25) is 0 Å². The van der Waals surface area contributed by atoms with Crippen molar-refractivity contribution in [3.8, 4) is 0 Å². The van der Waals surface area contributed by atoms with E-state index in [4.69, 9.17) is 10.1 Å². The Kier molecular flexibility index (Phi) is 4.99. The van der Waals surface area contributed by atoms with E-state index in [1.165, 1.54) is 0 Å². The standard InChI is InChI=1S/C8H17NO/c1-4-7(5-2)8(9)10-6-3/h7,9H,4-6H2,1-3H3. The number of rotatable bonds is 4. The van der Waals surface area contributed by atoms with Crippen molar-refractivity contribution in [3.63, 3.8) is 0 Å². The third-order valence-electron chi connectivity index (χ3n) is 1.66. The summed E-state index contributed by atoms with van der Waals surface area (Å²) in [5, 5.41) is 7.42. The van der Waals surface area contributed by atoms with Crippen LogP contribution in [0.1, 0.15) is 33.6 Å². The second-order valence-electron chi connectivity index (χ2n) is 2.31.